The van der Waals surface area contributed by atoms with Crippen LogP contribution in [0, 0.1) is 17.6 Å². The Bertz CT molecular complexity index is 857. The zero-order chi connectivity index (χ0) is 20.0. The molecular formula is C19H26N4O3S. The zero-order valence-corrected chi connectivity index (χ0v) is 17.0. The number of carbonyl (C=O) groups excluding carboxylic acids is 2. The summed E-state index contributed by atoms with van der Waals surface area (Å²) in [5.74, 6) is 0.450. The number of H-pyrrole nitrogens is 1. The number of hydrogen-bond acceptors (Lipinski definition) is 5. The van der Waals surface area contributed by atoms with Crippen LogP contribution in [0.2, 0.25) is 0 Å². The first-order valence-corrected chi connectivity index (χ1v) is 9.29. The summed E-state index contributed by atoms with van der Waals surface area (Å²) < 4.78 is 6.76. The van der Waals surface area contributed by atoms with Gasteiger partial charge in [0.1, 0.15) is 6.54 Å². The fourth-order valence-corrected chi connectivity index (χ4v) is 2.99. The fourth-order valence-electron chi connectivity index (χ4n) is 2.79. The third-order valence-corrected chi connectivity index (χ3v) is 4.39. The second kappa shape index (κ2) is 9.45. The number of aromatic nitrogens is 3. The second-order valence-electron chi connectivity index (χ2n) is 6.87. The maximum absolute atomic E-state index is 12.9. The molecule has 0 saturated carbocycles. The number of benzene rings is 1. The van der Waals surface area contributed by atoms with Gasteiger partial charge in [-0.2, -0.15) is 5.10 Å². The molecule has 0 bridgehead atoms. The minimum Gasteiger partial charge on any atom is -0.469 e. The largest absolute Gasteiger partial charge is 0.469 e. The lowest BCUT2D eigenvalue weighted by Crippen LogP contribution is -2.38. The van der Waals surface area contributed by atoms with Gasteiger partial charge in [-0.05, 0) is 31.1 Å². The average molecular weight is 391 g/mol. The van der Waals surface area contributed by atoms with Gasteiger partial charge in [0.05, 0.1) is 13.5 Å². The normalized spacial score (nSPS) is 10.9. The van der Waals surface area contributed by atoms with E-state index in [1.807, 2.05) is 45.0 Å². The number of carbonyl (C=O) groups is 2. The monoisotopic (exact) mass is 390 g/mol. The van der Waals surface area contributed by atoms with Crippen LogP contribution in [0.15, 0.2) is 24.3 Å². The molecule has 7 nitrogen and oxygen atoms in total. The van der Waals surface area contributed by atoms with Crippen LogP contribution in [-0.4, -0.2) is 51.7 Å². The number of hydrogen-bond donors (Lipinski definition) is 1. The third kappa shape index (κ3) is 5.75. The van der Waals surface area contributed by atoms with E-state index in [1.54, 1.807) is 9.47 Å². The average Bonchev–Trinajstić information content (AvgIpc) is 2.98. The van der Waals surface area contributed by atoms with E-state index < -0.39 is 0 Å². The van der Waals surface area contributed by atoms with Crippen molar-refractivity contribution < 1.29 is 14.3 Å². The number of aromatic amines is 1. The number of nitrogens with zero attached hydrogens (tertiary/aromatic N) is 3. The van der Waals surface area contributed by atoms with Crippen LogP contribution in [-0.2, 0) is 20.9 Å². The molecule has 27 heavy (non-hydrogen) atoms. The van der Waals surface area contributed by atoms with Crippen molar-refractivity contribution in [3.05, 3.63) is 34.6 Å². The van der Waals surface area contributed by atoms with Crippen LogP contribution in [0.4, 0.5) is 0 Å². The van der Waals surface area contributed by atoms with Gasteiger partial charge in [0, 0.05) is 18.7 Å². The quantitative estimate of drug-likeness (QED) is 0.554. The maximum atomic E-state index is 12.9. The summed E-state index contributed by atoms with van der Waals surface area (Å²) >= 11 is 5.32. The van der Waals surface area contributed by atoms with Gasteiger partial charge in [-0.3, -0.25) is 19.3 Å². The summed E-state index contributed by atoms with van der Waals surface area (Å²) in [6.07, 6.45) is 0.163. The SMILES string of the molecule is COC(=O)CCN(CC(C)C)C(=O)Cn1c(-c2cccc(C)c2)n[nH]c1=S. The van der Waals surface area contributed by atoms with E-state index in [2.05, 4.69) is 14.9 Å². The molecule has 0 spiro atoms. The molecule has 2 rings (SSSR count). The van der Waals surface area contributed by atoms with Crippen LogP contribution in [0.25, 0.3) is 11.4 Å². The molecule has 1 N–H and O–H groups in total. The van der Waals surface area contributed by atoms with Gasteiger partial charge >= 0.3 is 5.97 Å². The number of rotatable bonds is 8. The van der Waals surface area contributed by atoms with Gasteiger partial charge in [0.2, 0.25) is 5.91 Å². The van der Waals surface area contributed by atoms with Crippen molar-refractivity contribution in [3.8, 4) is 11.4 Å². The van der Waals surface area contributed by atoms with Crippen LogP contribution < -0.4 is 0 Å². The first-order chi connectivity index (χ1) is 12.8. The minimum atomic E-state index is -0.336. The summed E-state index contributed by atoms with van der Waals surface area (Å²) in [6, 6.07) is 7.87. The van der Waals surface area contributed by atoms with Crippen LogP contribution in [0.3, 0.4) is 0 Å². The van der Waals surface area contributed by atoms with E-state index >= 15 is 0 Å². The lowest BCUT2D eigenvalue weighted by molar-refractivity contribution is -0.142. The number of amides is 1. The minimum absolute atomic E-state index is 0.0620. The Morgan fingerprint density at radius 1 is 1.37 bits per heavy atom. The number of ether oxygens (including phenoxy) is 1. The van der Waals surface area contributed by atoms with E-state index in [9.17, 15) is 9.59 Å². The van der Waals surface area contributed by atoms with E-state index in [0.29, 0.717) is 23.7 Å². The fraction of sp³-hybridized carbons (Fsp3) is 0.474. The van der Waals surface area contributed by atoms with Gasteiger partial charge in [-0.25, -0.2) is 0 Å². The molecule has 0 fully saturated rings. The first kappa shape index (κ1) is 20.8. The maximum Gasteiger partial charge on any atom is 0.307 e. The molecular weight excluding hydrogens is 364 g/mol. The van der Waals surface area contributed by atoms with Crippen LogP contribution in [0.5, 0.6) is 0 Å². The molecule has 1 heterocycles. The van der Waals surface area contributed by atoms with Crippen molar-refractivity contribution in [2.75, 3.05) is 20.2 Å². The molecule has 0 radical (unpaired) electrons. The summed E-state index contributed by atoms with van der Waals surface area (Å²) in [6.45, 7) is 6.99. The van der Waals surface area contributed by atoms with Crippen LogP contribution >= 0.6 is 12.2 Å². The number of methoxy groups -OCH3 is 1. The standard InChI is InChI=1S/C19H26N4O3S/c1-13(2)11-22(9-8-17(25)26-4)16(24)12-23-18(20-21-19(23)27)15-7-5-6-14(3)10-15/h5-7,10,13H,8-9,11-12H2,1-4H3,(H,21,27). The predicted octanol–water partition coefficient (Wildman–Crippen LogP) is 2.96. The summed E-state index contributed by atoms with van der Waals surface area (Å²) in [7, 11) is 1.34. The predicted molar refractivity (Wildman–Crippen MR) is 106 cm³/mol. The van der Waals surface area contributed by atoms with Gasteiger partial charge in [0.15, 0.2) is 10.6 Å². The highest BCUT2D eigenvalue weighted by Crippen LogP contribution is 2.19. The summed E-state index contributed by atoms with van der Waals surface area (Å²) in [5.41, 5.74) is 1.99. The van der Waals surface area contributed by atoms with Gasteiger partial charge in [-0.1, -0.05) is 37.6 Å². The summed E-state index contributed by atoms with van der Waals surface area (Å²) in [5, 5.41) is 7.06. The molecule has 0 unspecified atom stereocenters. The van der Waals surface area contributed by atoms with Crippen molar-refractivity contribution in [1.82, 2.24) is 19.7 Å². The molecule has 0 atom stereocenters. The molecule has 146 valence electrons. The van der Waals surface area contributed by atoms with Gasteiger partial charge < -0.3 is 9.64 Å². The summed E-state index contributed by atoms with van der Waals surface area (Å²) in [4.78, 5) is 26.1. The topological polar surface area (TPSA) is 80.2 Å². The Morgan fingerprint density at radius 3 is 2.74 bits per heavy atom. The Morgan fingerprint density at radius 2 is 2.11 bits per heavy atom. The number of esters is 1. The Balaban J connectivity index is 2.23. The zero-order valence-electron chi connectivity index (χ0n) is 16.2. The van der Waals surface area contributed by atoms with Crippen molar-refractivity contribution in [2.45, 2.75) is 33.7 Å². The molecule has 1 amide bonds. The van der Waals surface area contributed by atoms with Crippen molar-refractivity contribution >= 4 is 24.1 Å². The lowest BCUT2D eigenvalue weighted by Gasteiger charge is -2.24. The molecule has 0 aliphatic rings. The number of aryl methyl sites for hydroxylation is 1. The van der Waals surface area contributed by atoms with Crippen molar-refractivity contribution in [3.63, 3.8) is 0 Å². The molecule has 0 saturated heterocycles. The highest BCUT2D eigenvalue weighted by atomic mass is 32.1. The Labute approximate surface area is 164 Å². The van der Waals surface area contributed by atoms with Crippen molar-refractivity contribution in [2.24, 2.45) is 5.92 Å². The molecule has 1 aromatic carbocycles. The van der Waals surface area contributed by atoms with E-state index in [4.69, 9.17) is 12.2 Å². The molecule has 2 aromatic rings. The lowest BCUT2D eigenvalue weighted by atomic mass is 10.1. The highest BCUT2D eigenvalue weighted by molar-refractivity contribution is 7.71. The second-order valence-corrected chi connectivity index (χ2v) is 7.25. The van der Waals surface area contributed by atoms with Gasteiger partial charge in [0.25, 0.3) is 0 Å². The van der Waals surface area contributed by atoms with E-state index in [-0.39, 0.29) is 30.8 Å². The molecule has 8 heteroatoms. The van der Waals surface area contributed by atoms with Crippen LogP contribution in [0.1, 0.15) is 25.8 Å². The molecule has 0 aliphatic carbocycles. The van der Waals surface area contributed by atoms with Gasteiger partial charge in [-0.15, -0.1) is 0 Å². The first-order valence-electron chi connectivity index (χ1n) is 8.88. The van der Waals surface area contributed by atoms with E-state index in [1.165, 1.54) is 7.11 Å². The third-order valence-electron chi connectivity index (χ3n) is 4.08. The molecule has 0 aliphatic heterocycles. The van der Waals surface area contributed by atoms with Crippen molar-refractivity contribution in [1.29, 1.82) is 0 Å². The van der Waals surface area contributed by atoms with E-state index in [0.717, 1.165) is 11.1 Å². The Hall–Kier alpha value is -2.48. The highest BCUT2D eigenvalue weighted by Gasteiger charge is 2.19. The molecule has 1 aromatic heterocycles. The number of nitrogens with one attached hydrogen (secondary N) is 1. The Kier molecular flexibility index (Phi) is 7.29. The smallest absolute Gasteiger partial charge is 0.307 e.